The minimum Gasteiger partial charge on any atom is -0.497 e. The van der Waals surface area contributed by atoms with E-state index in [-0.39, 0.29) is 11.5 Å². The van der Waals surface area contributed by atoms with E-state index in [0.29, 0.717) is 11.3 Å². The molecule has 0 atom stereocenters. The number of halogens is 3. The highest BCUT2D eigenvalue weighted by Gasteiger charge is 2.31. The lowest BCUT2D eigenvalue weighted by Gasteiger charge is -2.13. The molecule has 1 heterocycles. The summed E-state index contributed by atoms with van der Waals surface area (Å²) in [6.45, 7) is 1.80. The SMILES string of the molecule is CNc1cc(C(F)(F)F)cc(-c2ccc(OC)cc2C)n1. The maximum atomic E-state index is 12.9. The predicted octanol–water partition coefficient (Wildman–Crippen LogP) is 4.13. The quantitative estimate of drug-likeness (QED) is 0.925. The molecule has 0 fully saturated rings. The molecule has 0 saturated carbocycles. The fourth-order valence-electron chi connectivity index (χ4n) is 2.01. The molecular formula is C15H15F3N2O. The molecule has 0 bridgehead atoms. The second kappa shape index (κ2) is 5.63. The van der Waals surface area contributed by atoms with Gasteiger partial charge >= 0.3 is 6.18 Å². The number of rotatable bonds is 3. The number of anilines is 1. The Bertz CT molecular complexity index is 654. The number of hydrogen-bond donors (Lipinski definition) is 1. The van der Waals surface area contributed by atoms with Gasteiger partial charge in [-0.1, -0.05) is 0 Å². The third-order valence-corrected chi connectivity index (χ3v) is 3.12. The van der Waals surface area contributed by atoms with Crippen LogP contribution in [0.25, 0.3) is 11.3 Å². The standard InChI is InChI=1S/C15H15F3N2O/c1-9-6-11(21-3)4-5-12(9)13-7-10(15(16,17)18)8-14(19-2)20-13/h4-8H,1-3H3,(H,19,20). The van der Waals surface area contributed by atoms with Crippen molar-refractivity contribution in [2.24, 2.45) is 0 Å². The Hall–Kier alpha value is -2.24. The minimum atomic E-state index is -4.41. The van der Waals surface area contributed by atoms with Crippen molar-refractivity contribution in [2.75, 3.05) is 19.5 Å². The van der Waals surface area contributed by atoms with Gasteiger partial charge in [0, 0.05) is 12.6 Å². The molecule has 2 aromatic rings. The molecule has 0 radical (unpaired) electrons. The van der Waals surface area contributed by atoms with Crippen LogP contribution in [0, 0.1) is 6.92 Å². The summed E-state index contributed by atoms with van der Waals surface area (Å²) in [5, 5.41) is 2.66. The lowest BCUT2D eigenvalue weighted by atomic mass is 10.0. The number of hydrogen-bond acceptors (Lipinski definition) is 3. The summed E-state index contributed by atoms with van der Waals surface area (Å²) in [5.74, 6) is 0.826. The third kappa shape index (κ3) is 3.26. The Labute approximate surface area is 120 Å². The molecule has 1 aromatic carbocycles. The number of alkyl halides is 3. The van der Waals surface area contributed by atoms with Crippen LogP contribution in [0.1, 0.15) is 11.1 Å². The molecule has 6 heteroatoms. The highest BCUT2D eigenvalue weighted by molar-refractivity contribution is 5.67. The molecule has 21 heavy (non-hydrogen) atoms. The summed E-state index contributed by atoms with van der Waals surface area (Å²) < 4.78 is 43.9. The van der Waals surface area contributed by atoms with Crippen LogP contribution in [0.15, 0.2) is 30.3 Å². The molecular weight excluding hydrogens is 281 g/mol. The first-order valence-corrected chi connectivity index (χ1v) is 6.27. The minimum absolute atomic E-state index is 0.176. The summed E-state index contributed by atoms with van der Waals surface area (Å²) in [6.07, 6.45) is -4.41. The highest BCUT2D eigenvalue weighted by Crippen LogP contribution is 2.34. The second-order valence-corrected chi connectivity index (χ2v) is 4.55. The number of benzene rings is 1. The Balaban J connectivity index is 2.58. The summed E-state index contributed by atoms with van der Waals surface area (Å²) in [5.41, 5.74) is 0.975. The van der Waals surface area contributed by atoms with E-state index in [4.69, 9.17) is 4.74 Å². The molecule has 112 valence electrons. The summed E-state index contributed by atoms with van der Waals surface area (Å²) >= 11 is 0. The van der Waals surface area contributed by atoms with Crippen LogP contribution in [-0.2, 0) is 6.18 Å². The van der Waals surface area contributed by atoms with Gasteiger partial charge in [0.2, 0.25) is 0 Å². The maximum Gasteiger partial charge on any atom is 0.416 e. The number of nitrogens with one attached hydrogen (secondary N) is 1. The molecule has 0 saturated heterocycles. The molecule has 0 aliphatic carbocycles. The zero-order valence-corrected chi connectivity index (χ0v) is 11.9. The monoisotopic (exact) mass is 296 g/mol. The van der Waals surface area contributed by atoms with Crippen molar-refractivity contribution in [3.8, 4) is 17.0 Å². The fraction of sp³-hybridized carbons (Fsp3) is 0.267. The normalized spacial score (nSPS) is 11.3. The van der Waals surface area contributed by atoms with Crippen LogP contribution in [0.3, 0.4) is 0 Å². The fourth-order valence-corrected chi connectivity index (χ4v) is 2.01. The van der Waals surface area contributed by atoms with E-state index < -0.39 is 11.7 Å². The van der Waals surface area contributed by atoms with Gasteiger partial charge in [0.25, 0.3) is 0 Å². The van der Waals surface area contributed by atoms with Crippen molar-refractivity contribution in [2.45, 2.75) is 13.1 Å². The first kappa shape index (κ1) is 15.2. The zero-order chi connectivity index (χ0) is 15.6. The predicted molar refractivity (Wildman–Crippen MR) is 75.5 cm³/mol. The van der Waals surface area contributed by atoms with Crippen molar-refractivity contribution >= 4 is 5.82 Å². The first-order chi connectivity index (χ1) is 9.85. The Morgan fingerprint density at radius 3 is 2.38 bits per heavy atom. The van der Waals surface area contributed by atoms with Crippen molar-refractivity contribution in [3.63, 3.8) is 0 Å². The van der Waals surface area contributed by atoms with Crippen molar-refractivity contribution in [1.29, 1.82) is 0 Å². The van der Waals surface area contributed by atoms with Crippen LogP contribution >= 0.6 is 0 Å². The number of aromatic nitrogens is 1. The largest absolute Gasteiger partial charge is 0.497 e. The lowest BCUT2D eigenvalue weighted by molar-refractivity contribution is -0.137. The van der Waals surface area contributed by atoms with Crippen LogP contribution in [-0.4, -0.2) is 19.1 Å². The topological polar surface area (TPSA) is 34.1 Å². The van der Waals surface area contributed by atoms with E-state index in [1.165, 1.54) is 14.2 Å². The third-order valence-electron chi connectivity index (χ3n) is 3.12. The highest BCUT2D eigenvalue weighted by atomic mass is 19.4. The van der Waals surface area contributed by atoms with Gasteiger partial charge in [0.1, 0.15) is 11.6 Å². The molecule has 0 aliphatic rings. The number of ether oxygens (including phenoxy) is 1. The van der Waals surface area contributed by atoms with E-state index >= 15 is 0 Å². The molecule has 1 aromatic heterocycles. The summed E-state index contributed by atoms with van der Waals surface area (Å²) in [4.78, 5) is 4.20. The van der Waals surface area contributed by atoms with Gasteiger partial charge in [0.15, 0.2) is 0 Å². The molecule has 0 spiro atoms. The maximum absolute atomic E-state index is 12.9. The van der Waals surface area contributed by atoms with Gasteiger partial charge in [-0.2, -0.15) is 13.2 Å². The average molecular weight is 296 g/mol. The Kier molecular flexibility index (Phi) is 4.06. The number of aryl methyl sites for hydroxylation is 1. The van der Waals surface area contributed by atoms with Crippen LogP contribution in [0.2, 0.25) is 0 Å². The first-order valence-electron chi connectivity index (χ1n) is 6.27. The van der Waals surface area contributed by atoms with Crippen molar-refractivity contribution < 1.29 is 17.9 Å². The lowest BCUT2D eigenvalue weighted by Crippen LogP contribution is -2.07. The zero-order valence-electron chi connectivity index (χ0n) is 11.9. The van der Waals surface area contributed by atoms with Crippen LogP contribution in [0.5, 0.6) is 5.75 Å². The van der Waals surface area contributed by atoms with Gasteiger partial charge in [-0.25, -0.2) is 4.98 Å². The Morgan fingerprint density at radius 2 is 1.86 bits per heavy atom. The molecule has 1 N–H and O–H groups in total. The van der Waals surface area contributed by atoms with Gasteiger partial charge in [0.05, 0.1) is 18.4 Å². The van der Waals surface area contributed by atoms with E-state index in [1.54, 1.807) is 25.1 Å². The van der Waals surface area contributed by atoms with Gasteiger partial charge in [-0.3, -0.25) is 0 Å². The molecule has 0 amide bonds. The molecule has 3 nitrogen and oxygen atoms in total. The van der Waals surface area contributed by atoms with Crippen LogP contribution in [0.4, 0.5) is 19.0 Å². The summed E-state index contributed by atoms with van der Waals surface area (Å²) in [6, 6.07) is 7.20. The smallest absolute Gasteiger partial charge is 0.416 e. The van der Waals surface area contributed by atoms with E-state index in [1.807, 2.05) is 0 Å². The number of nitrogens with zero attached hydrogens (tertiary/aromatic N) is 1. The number of pyridine rings is 1. The average Bonchev–Trinajstić information content (AvgIpc) is 2.45. The van der Waals surface area contributed by atoms with E-state index in [9.17, 15) is 13.2 Å². The van der Waals surface area contributed by atoms with E-state index in [2.05, 4.69) is 10.3 Å². The molecule has 0 aliphatic heterocycles. The van der Waals surface area contributed by atoms with Gasteiger partial charge < -0.3 is 10.1 Å². The molecule has 0 unspecified atom stereocenters. The Morgan fingerprint density at radius 1 is 1.14 bits per heavy atom. The number of methoxy groups -OCH3 is 1. The van der Waals surface area contributed by atoms with Crippen LogP contribution < -0.4 is 10.1 Å². The summed E-state index contributed by atoms with van der Waals surface area (Å²) in [7, 11) is 3.07. The van der Waals surface area contributed by atoms with Crippen molar-refractivity contribution in [3.05, 3.63) is 41.5 Å². The van der Waals surface area contributed by atoms with Crippen molar-refractivity contribution in [1.82, 2.24) is 4.98 Å². The van der Waals surface area contributed by atoms with E-state index in [0.717, 1.165) is 17.7 Å². The van der Waals surface area contributed by atoms with Gasteiger partial charge in [-0.15, -0.1) is 0 Å². The second-order valence-electron chi connectivity index (χ2n) is 4.55. The molecule has 2 rings (SSSR count). The van der Waals surface area contributed by atoms with Gasteiger partial charge in [-0.05, 0) is 42.8 Å².